The van der Waals surface area contributed by atoms with Crippen LogP contribution in [0, 0.1) is 5.82 Å². The molecule has 0 aliphatic carbocycles. The third-order valence-corrected chi connectivity index (χ3v) is 5.65. The molecular weight excluding hydrogens is 407 g/mol. The van der Waals surface area contributed by atoms with E-state index in [9.17, 15) is 19.1 Å². The van der Waals surface area contributed by atoms with Crippen LogP contribution in [0.3, 0.4) is 0 Å². The number of Topliss-reactive ketones (excluding diaryl/α,β-unsaturated/α-hetero) is 1. The number of rotatable bonds is 5. The van der Waals surface area contributed by atoms with E-state index in [-0.39, 0.29) is 23.4 Å². The number of aliphatic hydroxyl groups excluding tert-OH is 1. The highest BCUT2D eigenvalue weighted by atomic mass is 19.1. The minimum absolute atomic E-state index is 0.0113. The number of halogens is 1. The number of aromatic nitrogens is 1. The maximum Gasteiger partial charge on any atom is 0.295 e. The van der Waals surface area contributed by atoms with Gasteiger partial charge in [-0.1, -0.05) is 44.2 Å². The third-order valence-electron chi connectivity index (χ3n) is 5.65. The van der Waals surface area contributed by atoms with E-state index in [1.807, 2.05) is 30.3 Å². The fourth-order valence-corrected chi connectivity index (χ4v) is 3.90. The molecule has 1 amide bonds. The highest BCUT2D eigenvalue weighted by Gasteiger charge is 2.46. The number of hydrogen-bond acceptors (Lipinski definition) is 4. The summed E-state index contributed by atoms with van der Waals surface area (Å²) in [6, 6.07) is 15.7. The molecular formula is C26H23FN2O3. The van der Waals surface area contributed by atoms with Crippen LogP contribution in [0.2, 0.25) is 0 Å². The average Bonchev–Trinajstić information content (AvgIpc) is 3.05. The van der Waals surface area contributed by atoms with Gasteiger partial charge in [-0.3, -0.25) is 14.6 Å². The first-order chi connectivity index (χ1) is 15.4. The van der Waals surface area contributed by atoms with Gasteiger partial charge in [0.25, 0.3) is 11.7 Å². The van der Waals surface area contributed by atoms with Gasteiger partial charge in [0.05, 0.1) is 11.6 Å². The lowest BCUT2D eigenvalue weighted by atomic mass is 9.93. The minimum atomic E-state index is -0.776. The summed E-state index contributed by atoms with van der Waals surface area (Å²) >= 11 is 0. The Hall–Kier alpha value is -3.80. The van der Waals surface area contributed by atoms with Gasteiger partial charge in [-0.2, -0.15) is 0 Å². The van der Waals surface area contributed by atoms with Crippen molar-refractivity contribution in [3.63, 3.8) is 0 Å². The van der Waals surface area contributed by atoms with Crippen LogP contribution in [-0.4, -0.2) is 26.7 Å². The number of amides is 1. The van der Waals surface area contributed by atoms with Crippen molar-refractivity contribution in [3.8, 4) is 0 Å². The Kier molecular flexibility index (Phi) is 5.86. The number of benzene rings is 2. The van der Waals surface area contributed by atoms with E-state index in [2.05, 4.69) is 18.8 Å². The summed E-state index contributed by atoms with van der Waals surface area (Å²) < 4.78 is 13.4. The zero-order chi connectivity index (χ0) is 22.8. The Morgan fingerprint density at radius 3 is 2.34 bits per heavy atom. The third kappa shape index (κ3) is 4.04. The quantitative estimate of drug-likeness (QED) is 0.353. The van der Waals surface area contributed by atoms with Crippen LogP contribution in [0.15, 0.2) is 78.6 Å². The molecule has 0 bridgehead atoms. The Balaban J connectivity index is 1.84. The van der Waals surface area contributed by atoms with Gasteiger partial charge in [0.15, 0.2) is 0 Å². The first-order valence-corrected chi connectivity index (χ1v) is 10.4. The molecule has 6 heteroatoms. The Morgan fingerprint density at radius 2 is 1.75 bits per heavy atom. The molecule has 1 aromatic heterocycles. The molecule has 2 aromatic carbocycles. The summed E-state index contributed by atoms with van der Waals surface area (Å²) in [4.78, 5) is 31.6. The summed E-state index contributed by atoms with van der Waals surface area (Å²) in [5.41, 5.74) is 2.86. The molecule has 1 fully saturated rings. The molecule has 0 radical (unpaired) electrons. The van der Waals surface area contributed by atoms with Gasteiger partial charge in [-0.15, -0.1) is 0 Å². The van der Waals surface area contributed by atoms with Crippen molar-refractivity contribution in [1.29, 1.82) is 0 Å². The standard InChI is InChI=1S/C26H23FN2O3/c1-16(2)18-5-7-19(8-6-18)23-22(24(30)20-9-11-21(27)12-10-20)25(31)26(32)29(23)15-17-4-3-13-28-14-17/h3-14,16,23,30H,15H2,1-2H3/t23-/m0/s1. The van der Waals surface area contributed by atoms with Gasteiger partial charge in [0.2, 0.25) is 0 Å². The molecule has 1 aliphatic heterocycles. The molecule has 2 heterocycles. The van der Waals surface area contributed by atoms with Gasteiger partial charge in [-0.25, -0.2) is 4.39 Å². The van der Waals surface area contributed by atoms with Gasteiger partial charge in [0.1, 0.15) is 11.6 Å². The predicted molar refractivity (Wildman–Crippen MR) is 119 cm³/mol. The van der Waals surface area contributed by atoms with Crippen LogP contribution in [0.25, 0.3) is 5.76 Å². The molecule has 1 atom stereocenters. The van der Waals surface area contributed by atoms with E-state index in [0.717, 1.165) is 11.1 Å². The molecule has 0 spiro atoms. The van der Waals surface area contributed by atoms with Crippen LogP contribution in [0.1, 0.15) is 48.1 Å². The van der Waals surface area contributed by atoms with Crippen molar-refractivity contribution in [2.45, 2.75) is 32.4 Å². The molecule has 1 N–H and O–H groups in total. The smallest absolute Gasteiger partial charge is 0.295 e. The molecule has 32 heavy (non-hydrogen) atoms. The van der Waals surface area contributed by atoms with Crippen LogP contribution < -0.4 is 0 Å². The van der Waals surface area contributed by atoms with Gasteiger partial charge >= 0.3 is 0 Å². The fraction of sp³-hybridized carbons (Fsp3) is 0.192. The highest BCUT2D eigenvalue weighted by Crippen LogP contribution is 2.40. The first kappa shape index (κ1) is 21.4. The minimum Gasteiger partial charge on any atom is -0.507 e. The molecule has 1 aliphatic rings. The van der Waals surface area contributed by atoms with Crippen LogP contribution in [0.5, 0.6) is 0 Å². The fourth-order valence-electron chi connectivity index (χ4n) is 3.90. The predicted octanol–water partition coefficient (Wildman–Crippen LogP) is 4.97. The average molecular weight is 430 g/mol. The van der Waals surface area contributed by atoms with Crippen molar-refractivity contribution in [2.24, 2.45) is 0 Å². The monoisotopic (exact) mass is 430 g/mol. The number of aliphatic hydroxyl groups is 1. The summed E-state index contributed by atoms with van der Waals surface area (Å²) in [6.07, 6.45) is 3.27. The number of nitrogens with zero attached hydrogens (tertiary/aromatic N) is 2. The largest absolute Gasteiger partial charge is 0.507 e. The Bertz CT molecular complexity index is 1170. The summed E-state index contributed by atoms with van der Waals surface area (Å²) in [6.45, 7) is 4.32. The van der Waals surface area contributed by atoms with E-state index in [4.69, 9.17) is 0 Å². The number of likely N-dealkylation sites (tertiary alicyclic amines) is 1. The second kappa shape index (κ2) is 8.75. The first-order valence-electron chi connectivity index (χ1n) is 10.4. The molecule has 162 valence electrons. The second-order valence-corrected chi connectivity index (χ2v) is 8.12. The SMILES string of the molecule is CC(C)c1ccc([C@H]2C(=C(O)c3ccc(F)cc3)C(=O)C(=O)N2Cc2cccnc2)cc1. The molecule has 0 unspecified atom stereocenters. The highest BCUT2D eigenvalue weighted by molar-refractivity contribution is 6.46. The number of pyridine rings is 1. The van der Waals surface area contributed by atoms with Crippen molar-refractivity contribution in [1.82, 2.24) is 9.88 Å². The van der Waals surface area contributed by atoms with E-state index < -0.39 is 23.5 Å². The van der Waals surface area contributed by atoms with Crippen LogP contribution in [0.4, 0.5) is 4.39 Å². The number of carbonyl (C=O) groups is 2. The molecule has 4 rings (SSSR count). The van der Waals surface area contributed by atoms with Crippen molar-refractivity contribution in [3.05, 3.63) is 107 Å². The zero-order valence-electron chi connectivity index (χ0n) is 17.8. The lowest BCUT2D eigenvalue weighted by Crippen LogP contribution is -2.29. The Labute approximate surface area is 185 Å². The van der Waals surface area contributed by atoms with Crippen molar-refractivity contribution in [2.75, 3.05) is 0 Å². The molecule has 3 aromatic rings. The van der Waals surface area contributed by atoms with Gasteiger partial charge in [-0.05, 0) is 52.9 Å². The number of carbonyl (C=O) groups excluding carboxylic acids is 2. The summed E-state index contributed by atoms with van der Waals surface area (Å²) in [5.74, 6) is -1.93. The molecule has 0 saturated carbocycles. The number of ketones is 1. The van der Waals surface area contributed by atoms with Crippen LogP contribution in [-0.2, 0) is 16.1 Å². The van der Waals surface area contributed by atoms with Gasteiger partial charge < -0.3 is 10.0 Å². The topological polar surface area (TPSA) is 70.5 Å². The Morgan fingerprint density at radius 1 is 1.06 bits per heavy atom. The van der Waals surface area contributed by atoms with E-state index in [1.165, 1.54) is 29.2 Å². The van der Waals surface area contributed by atoms with E-state index in [0.29, 0.717) is 11.5 Å². The maximum atomic E-state index is 13.4. The van der Waals surface area contributed by atoms with Gasteiger partial charge in [0, 0.05) is 24.5 Å². The zero-order valence-corrected chi connectivity index (χ0v) is 17.8. The maximum absolute atomic E-state index is 13.4. The van der Waals surface area contributed by atoms with E-state index >= 15 is 0 Å². The van der Waals surface area contributed by atoms with Crippen molar-refractivity contribution < 1.29 is 19.1 Å². The summed E-state index contributed by atoms with van der Waals surface area (Å²) in [5, 5.41) is 11.0. The number of hydrogen-bond donors (Lipinski definition) is 1. The van der Waals surface area contributed by atoms with Crippen molar-refractivity contribution >= 4 is 17.4 Å². The van der Waals surface area contributed by atoms with E-state index in [1.54, 1.807) is 18.5 Å². The normalized spacial score (nSPS) is 17.9. The second-order valence-electron chi connectivity index (χ2n) is 8.12. The lowest BCUT2D eigenvalue weighted by Gasteiger charge is -2.25. The van der Waals surface area contributed by atoms with Crippen LogP contribution >= 0.6 is 0 Å². The lowest BCUT2D eigenvalue weighted by molar-refractivity contribution is -0.140. The molecule has 5 nitrogen and oxygen atoms in total. The summed E-state index contributed by atoms with van der Waals surface area (Å²) in [7, 11) is 0. The molecule has 1 saturated heterocycles.